The number of likely N-dealkylation sites (tertiary alicyclic amines) is 1. The van der Waals surface area contributed by atoms with E-state index in [9.17, 15) is 4.79 Å². The molecule has 2 aliphatic rings. The van der Waals surface area contributed by atoms with Crippen LogP contribution in [0.3, 0.4) is 0 Å². The molecule has 7 heteroatoms. The van der Waals surface area contributed by atoms with Crippen LogP contribution in [-0.4, -0.2) is 57.2 Å². The number of rotatable bonds is 3. The van der Waals surface area contributed by atoms with Gasteiger partial charge in [-0.05, 0) is 18.9 Å². The maximum atomic E-state index is 12.8. The summed E-state index contributed by atoms with van der Waals surface area (Å²) in [5.41, 5.74) is 0.348. The summed E-state index contributed by atoms with van der Waals surface area (Å²) < 4.78 is 11.9. The van der Waals surface area contributed by atoms with E-state index in [2.05, 4.69) is 15.0 Å². The van der Waals surface area contributed by atoms with E-state index in [4.69, 9.17) is 9.47 Å². The van der Waals surface area contributed by atoms with Gasteiger partial charge in [0.15, 0.2) is 0 Å². The molecule has 2 saturated heterocycles. The first-order valence-electron chi connectivity index (χ1n) is 8.09. The molecule has 24 heavy (non-hydrogen) atoms. The Kier molecular flexibility index (Phi) is 4.08. The smallest absolute Gasteiger partial charge is 0.274 e. The van der Waals surface area contributed by atoms with Crippen LogP contribution in [-0.2, 0) is 4.74 Å². The highest BCUT2D eigenvalue weighted by Crippen LogP contribution is 2.32. The molecule has 0 spiro atoms. The summed E-state index contributed by atoms with van der Waals surface area (Å²) >= 11 is 0. The van der Waals surface area contributed by atoms with E-state index in [0.29, 0.717) is 24.7 Å². The van der Waals surface area contributed by atoms with Crippen LogP contribution in [0.1, 0.15) is 23.3 Å². The zero-order valence-corrected chi connectivity index (χ0v) is 13.1. The molecule has 0 aromatic carbocycles. The van der Waals surface area contributed by atoms with Gasteiger partial charge in [-0.2, -0.15) is 0 Å². The molecule has 4 rings (SSSR count). The molecule has 2 aromatic rings. The lowest BCUT2D eigenvalue weighted by Gasteiger charge is -2.31. The summed E-state index contributed by atoms with van der Waals surface area (Å²) in [5, 5.41) is 0. The van der Waals surface area contributed by atoms with Gasteiger partial charge in [-0.25, -0.2) is 9.97 Å². The van der Waals surface area contributed by atoms with Crippen LogP contribution in [0.2, 0.25) is 0 Å². The second-order valence-electron chi connectivity index (χ2n) is 5.92. The van der Waals surface area contributed by atoms with Gasteiger partial charge >= 0.3 is 0 Å². The Labute approximate surface area is 139 Å². The van der Waals surface area contributed by atoms with Crippen molar-refractivity contribution in [3.05, 3.63) is 48.7 Å². The van der Waals surface area contributed by atoms with Crippen LogP contribution in [0, 0.1) is 0 Å². The molecule has 0 radical (unpaired) electrons. The first-order chi connectivity index (χ1) is 11.8. The van der Waals surface area contributed by atoms with E-state index in [1.165, 1.54) is 12.4 Å². The molecule has 4 heterocycles. The minimum atomic E-state index is -0.231. The van der Waals surface area contributed by atoms with E-state index in [-0.39, 0.29) is 24.2 Å². The molecule has 2 aromatic heterocycles. The fourth-order valence-corrected chi connectivity index (χ4v) is 3.38. The summed E-state index contributed by atoms with van der Waals surface area (Å²) in [6.07, 6.45) is 7.73. The number of carbonyl (C=O) groups excluding carboxylic acids is 1. The first-order valence-corrected chi connectivity index (χ1v) is 8.09. The van der Waals surface area contributed by atoms with Crippen molar-refractivity contribution in [1.29, 1.82) is 0 Å². The topological polar surface area (TPSA) is 77.4 Å². The number of hydrogen-bond donors (Lipinski definition) is 0. The Morgan fingerprint density at radius 2 is 2.21 bits per heavy atom. The average Bonchev–Trinajstić information content (AvgIpc) is 3.01. The number of carbonyl (C=O) groups is 1. The largest absolute Gasteiger partial charge is 0.470 e. The fraction of sp³-hybridized carbons (Fsp3) is 0.412. The molecule has 7 nitrogen and oxygen atoms in total. The summed E-state index contributed by atoms with van der Waals surface area (Å²) in [6, 6.07) is 5.52. The summed E-state index contributed by atoms with van der Waals surface area (Å²) in [6.45, 7) is 1.15. The van der Waals surface area contributed by atoms with Crippen molar-refractivity contribution in [3.8, 4) is 5.88 Å². The van der Waals surface area contributed by atoms with E-state index in [1.54, 1.807) is 17.3 Å². The van der Waals surface area contributed by atoms with Gasteiger partial charge in [0, 0.05) is 31.3 Å². The van der Waals surface area contributed by atoms with Crippen molar-refractivity contribution in [3.63, 3.8) is 0 Å². The Morgan fingerprint density at radius 1 is 1.25 bits per heavy atom. The lowest BCUT2D eigenvalue weighted by atomic mass is 10.0. The minimum absolute atomic E-state index is 0.00182. The molecule has 0 aliphatic carbocycles. The molecule has 124 valence electrons. The van der Waals surface area contributed by atoms with Crippen molar-refractivity contribution in [2.45, 2.75) is 31.1 Å². The maximum absolute atomic E-state index is 12.8. The second-order valence-corrected chi connectivity index (χ2v) is 5.92. The van der Waals surface area contributed by atoms with E-state index >= 15 is 0 Å². The number of fused-ring (bicyclic) bond motifs is 1. The third-order valence-corrected chi connectivity index (χ3v) is 4.43. The molecule has 0 N–H and O–H groups in total. The standard InChI is InChI=1S/C17H18N4O3/c22-17(12-10-18-7-8-19-12)21-11-14(16-13(21)4-3-9-23-16)24-15-5-1-2-6-20-15/h1-2,5-8,10,13-14,16H,3-4,9,11H2/t13-,14+,16+/m1/s1. The van der Waals surface area contributed by atoms with Crippen molar-refractivity contribution in [2.75, 3.05) is 13.2 Å². The number of nitrogens with zero attached hydrogens (tertiary/aromatic N) is 4. The maximum Gasteiger partial charge on any atom is 0.274 e. The van der Waals surface area contributed by atoms with Gasteiger partial charge in [-0.3, -0.25) is 9.78 Å². The Hall–Kier alpha value is -2.54. The molecular weight excluding hydrogens is 308 g/mol. The summed E-state index contributed by atoms with van der Waals surface area (Å²) in [5.74, 6) is 0.417. The predicted octanol–water partition coefficient (Wildman–Crippen LogP) is 1.32. The highest BCUT2D eigenvalue weighted by molar-refractivity contribution is 5.92. The SMILES string of the molecule is O=C(c1cnccn1)N1C[C@H](Oc2ccccn2)[C@H]2OCCC[C@H]21. The monoisotopic (exact) mass is 326 g/mol. The van der Waals surface area contributed by atoms with Crippen molar-refractivity contribution >= 4 is 5.91 Å². The molecule has 0 bridgehead atoms. The van der Waals surface area contributed by atoms with E-state index < -0.39 is 0 Å². The molecule has 3 atom stereocenters. The Balaban J connectivity index is 1.56. The lowest BCUT2D eigenvalue weighted by Crippen LogP contribution is -2.44. The van der Waals surface area contributed by atoms with Gasteiger partial charge in [-0.1, -0.05) is 6.07 Å². The van der Waals surface area contributed by atoms with Crippen LogP contribution >= 0.6 is 0 Å². The molecule has 2 fully saturated rings. The van der Waals surface area contributed by atoms with Gasteiger partial charge in [-0.15, -0.1) is 0 Å². The molecule has 1 amide bonds. The van der Waals surface area contributed by atoms with Crippen LogP contribution in [0.15, 0.2) is 43.0 Å². The molecular formula is C17H18N4O3. The van der Waals surface area contributed by atoms with Crippen LogP contribution in [0.25, 0.3) is 0 Å². The average molecular weight is 326 g/mol. The molecule has 2 aliphatic heterocycles. The number of amides is 1. The summed E-state index contributed by atoms with van der Waals surface area (Å²) in [7, 11) is 0. The number of ether oxygens (including phenoxy) is 2. The second kappa shape index (κ2) is 6.52. The van der Waals surface area contributed by atoms with Gasteiger partial charge in [0.25, 0.3) is 5.91 Å². The highest BCUT2D eigenvalue weighted by Gasteiger charge is 2.47. The van der Waals surface area contributed by atoms with Crippen molar-refractivity contribution in [1.82, 2.24) is 19.9 Å². The highest BCUT2D eigenvalue weighted by atomic mass is 16.5. The van der Waals surface area contributed by atoms with Gasteiger partial charge in [0.2, 0.25) is 5.88 Å². The van der Waals surface area contributed by atoms with Crippen LogP contribution in [0.5, 0.6) is 5.88 Å². The van der Waals surface area contributed by atoms with Crippen LogP contribution < -0.4 is 4.74 Å². The first kappa shape index (κ1) is 15.0. The van der Waals surface area contributed by atoms with Gasteiger partial charge < -0.3 is 14.4 Å². The van der Waals surface area contributed by atoms with Crippen molar-refractivity contribution < 1.29 is 14.3 Å². The summed E-state index contributed by atoms with van der Waals surface area (Å²) in [4.78, 5) is 26.9. The van der Waals surface area contributed by atoms with Gasteiger partial charge in [0.05, 0.1) is 18.8 Å². The van der Waals surface area contributed by atoms with E-state index in [0.717, 1.165) is 12.8 Å². The molecule has 0 unspecified atom stereocenters. The minimum Gasteiger partial charge on any atom is -0.470 e. The third kappa shape index (κ3) is 2.82. The fourth-order valence-electron chi connectivity index (χ4n) is 3.38. The Bertz CT molecular complexity index is 697. The van der Waals surface area contributed by atoms with Gasteiger partial charge in [0.1, 0.15) is 17.9 Å². The lowest BCUT2D eigenvalue weighted by molar-refractivity contribution is -0.0455. The zero-order chi connectivity index (χ0) is 16.4. The predicted molar refractivity (Wildman–Crippen MR) is 84.5 cm³/mol. The van der Waals surface area contributed by atoms with Crippen LogP contribution in [0.4, 0.5) is 0 Å². The third-order valence-electron chi connectivity index (χ3n) is 4.43. The normalized spacial score (nSPS) is 26.0. The molecule has 0 saturated carbocycles. The zero-order valence-electron chi connectivity index (χ0n) is 13.1. The number of pyridine rings is 1. The number of aromatic nitrogens is 3. The van der Waals surface area contributed by atoms with E-state index in [1.807, 2.05) is 18.2 Å². The quantitative estimate of drug-likeness (QED) is 0.847. The number of hydrogen-bond acceptors (Lipinski definition) is 6. The Morgan fingerprint density at radius 3 is 3.00 bits per heavy atom. The van der Waals surface area contributed by atoms with Crippen molar-refractivity contribution in [2.24, 2.45) is 0 Å².